The second-order valence-corrected chi connectivity index (χ2v) is 16.0. The van der Waals surface area contributed by atoms with Gasteiger partial charge in [-0.25, -0.2) is 21.1 Å². The molecule has 2 heterocycles. The number of rotatable bonds is 10. The lowest BCUT2D eigenvalue weighted by atomic mass is 9.78. The summed E-state index contributed by atoms with van der Waals surface area (Å²) < 4.78 is 56.5. The summed E-state index contributed by atoms with van der Waals surface area (Å²) in [6.07, 6.45) is 1.75. The molecule has 2 saturated heterocycles. The van der Waals surface area contributed by atoms with Gasteiger partial charge in [0.1, 0.15) is 0 Å². The summed E-state index contributed by atoms with van der Waals surface area (Å²) in [5.74, 6) is 0.669. The highest BCUT2D eigenvalue weighted by Crippen LogP contribution is 2.36. The van der Waals surface area contributed by atoms with Crippen LogP contribution in [0.15, 0.2) is 94.7 Å². The molecular formula is C32H41N3O4S2. The number of likely N-dealkylation sites (tertiary alicyclic amines) is 1. The second kappa shape index (κ2) is 12.0. The summed E-state index contributed by atoms with van der Waals surface area (Å²) in [5.41, 5.74) is 1.76. The average Bonchev–Trinajstić information content (AvgIpc) is 3.42. The van der Waals surface area contributed by atoms with Crippen LogP contribution in [0.4, 0.5) is 0 Å². The van der Waals surface area contributed by atoms with Crippen LogP contribution in [-0.2, 0) is 25.5 Å². The molecule has 220 valence electrons. The fourth-order valence-corrected chi connectivity index (χ4v) is 9.24. The first-order chi connectivity index (χ1) is 19.5. The SMILES string of the molecule is Cc1ccc(S(=O)(=O)N2CC3CN(CC[C@](C)(CN(C)S(=O)(=O)c4ccccc4)c4ccccc4)CC[C@H]3C2)cc1. The van der Waals surface area contributed by atoms with Gasteiger partial charge in [-0.05, 0) is 74.5 Å². The zero-order valence-corrected chi connectivity index (χ0v) is 25.8. The molecule has 0 spiro atoms. The Hall–Kier alpha value is -2.56. The number of hydrogen-bond donors (Lipinski definition) is 0. The predicted molar refractivity (Wildman–Crippen MR) is 163 cm³/mol. The van der Waals surface area contributed by atoms with Crippen molar-refractivity contribution in [3.63, 3.8) is 0 Å². The molecule has 1 unspecified atom stereocenters. The van der Waals surface area contributed by atoms with Gasteiger partial charge in [-0.3, -0.25) is 0 Å². The molecule has 2 fully saturated rings. The van der Waals surface area contributed by atoms with Crippen LogP contribution >= 0.6 is 0 Å². The number of nitrogens with zero attached hydrogens (tertiary/aromatic N) is 3. The number of sulfonamides is 2. The third-order valence-corrected chi connectivity index (χ3v) is 12.6. The second-order valence-electron chi connectivity index (χ2n) is 12.0. The van der Waals surface area contributed by atoms with E-state index in [1.54, 1.807) is 47.8 Å². The van der Waals surface area contributed by atoms with Gasteiger partial charge in [-0.1, -0.05) is 73.2 Å². The lowest BCUT2D eigenvalue weighted by Gasteiger charge is -2.39. The molecule has 0 bridgehead atoms. The Morgan fingerprint density at radius 3 is 2.07 bits per heavy atom. The third kappa shape index (κ3) is 6.44. The van der Waals surface area contributed by atoms with E-state index in [0.29, 0.717) is 41.3 Å². The molecule has 3 atom stereocenters. The minimum Gasteiger partial charge on any atom is -0.303 e. The van der Waals surface area contributed by atoms with Crippen LogP contribution < -0.4 is 0 Å². The monoisotopic (exact) mass is 595 g/mol. The Morgan fingerprint density at radius 1 is 0.805 bits per heavy atom. The van der Waals surface area contributed by atoms with Crippen LogP contribution in [0.5, 0.6) is 0 Å². The molecule has 0 aliphatic carbocycles. The first kappa shape index (κ1) is 29.9. The van der Waals surface area contributed by atoms with E-state index < -0.39 is 25.5 Å². The number of benzene rings is 3. The summed E-state index contributed by atoms with van der Waals surface area (Å²) in [7, 11) is -5.46. The van der Waals surface area contributed by atoms with Crippen LogP contribution in [0, 0.1) is 18.8 Å². The highest BCUT2D eigenvalue weighted by molar-refractivity contribution is 7.89. The molecular weight excluding hydrogens is 555 g/mol. The molecule has 9 heteroatoms. The van der Waals surface area contributed by atoms with Crippen LogP contribution in [-0.4, -0.2) is 76.7 Å². The molecule has 3 aromatic carbocycles. The van der Waals surface area contributed by atoms with Crippen molar-refractivity contribution >= 4 is 20.0 Å². The highest BCUT2D eigenvalue weighted by atomic mass is 32.2. The molecule has 0 saturated carbocycles. The van der Waals surface area contributed by atoms with E-state index in [9.17, 15) is 16.8 Å². The van der Waals surface area contributed by atoms with Gasteiger partial charge >= 0.3 is 0 Å². The first-order valence-electron chi connectivity index (χ1n) is 14.4. The number of aryl methyl sites for hydroxylation is 1. The number of fused-ring (bicyclic) bond motifs is 1. The van der Waals surface area contributed by atoms with Gasteiger partial charge in [0.2, 0.25) is 20.0 Å². The van der Waals surface area contributed by atoms with Crippen LogP contribution in [0.3, 0.4) is 0 Å². The Balaban J connectivity index is 1.26. The van der Waals surface area contributed by atoms with Gasteiger partial charge in [0.15, 0.2) is 0 Å². The maximum Gasteiger partial charge on any atom is 0.243 e. The summed E-state index contributed by atoms with van der Waals surface area (Å²) >= 11 is 0. The van der Waals surface area contributed by atoms with Crippen LogP contribution in [0.25, 0.3) is 0 Å². The van der Waals surface area contributed by atoms with E-state index in [-0.39, 0.29) is 0 Å². The number of likely N-dealkylation sites (N-methyl/N-ethyl adjacent to an activating group) is 1. The topological polar surface area (TPSA) is 78.0 Å². The molecule has 41 heavy (non-hydrogen) atoms. The zero-order valence-electron chi connectivity index (χ0n) is 24.2. The average molecular weight is 596 g/mol. The Morgan fingerprint density at radius 2 is 1.41 bits per heavy atom. The van der Waals surface area contributed by atoms with Crippen LogP contribution in [0.2, 0.25) is 0 Å². The van der Waals surface area contributed by atoms with Gasteiger partial charge in [0.25, 0.3) is 0 Å². The summed E-state index contributed by atoms with van der Waals surface area (Å²) in [6, 6.07) is 25.9. The van der Waals surface area contributed by atoms with Gasteiger partial charge in [-0.15, -0.1) is 0 Å². The molecule has 2 aliphatic heterocycles. The molecule has 3 aromatic rings. The van der Waals surface area contributed by atoms with Crippen molar-refractivity contribution in [2.24, 2.45) is 11.8 Å². The molecule has 0 amide bonds. The summed E-state index contributed by atoms with van der Waals surface area (Å²) in [4.78, 5) is 3.11. The van der Waals surface area contributed by atoms with E-state index in [1.807, 2.05) is 43.3 Å². The Labute approximate surface area is 245 Å². The van der Waals surface area contributed by atoms with E-state index in [4.69, 9.17) is 0 Å². The fourth-order valence-electron chi connectivity index (χ4n) is 6.37. The van der Waals surface area contributed by atoms with E-state index in [2.05, 4.69) is 24.0 Å². The largest absolute Gasteiger partial charge is 0.303 e. The van der Waals surface area contributed by atoms with Crippen molar-refractivity contribution in [2.45, 2.75) is 41.9 Å². The summed E-state index contributed by atoms with van der Waals surface area (Å²) in [5, 5.41) is 0. The van der Waals surface area contributed by atoms with E-state index in [1.165, 1.54) is 4.31 Å². The van der Waals surface area contributed by atoms with Crippen molar-refractivity contribution < 1.29 is 16.8 Å². The molecule has 7 nitrogen and oxygen atoms in total. The Kier molecular flexibility index (Phi) is 8.74. The molecule has 0 N–H and O–H groups in total. The van der Waals surface area contributed by atoms with Crippen molar-refractivity contribution in [3.8, 4) is 0 Å². The predicted octanol–water partition coefficient (Wildman–Crippen LogP) is 4.61. The van der Waals surface area contributed by atoms with Gasteiger partial charge in [0, 0.05) is 38.6 Å². The van der Waals surface area contributed by atoms with Crippen LogP contribution in [0.1, 0.15) is 30.9 Å². The number of piperidine rings is 1. The van der Waals surface area contributed by atoms with Gasteiger partial charge < -0.3 is 4.90 Å². The van der Waals surface area contributed by atoms with Gasteiger partial charge in [0.05, 0.1) is 9.79 Å². The van der Waals surface area contributed by atoms with E-state index in [0.717, 1.165) is 43.6 Å². The third-order valence-electron chi connectivity index (χ3n) is 8.98. The lowest BCUT2D eigenvalue weighted by Crippen LogP contribution is -2.45. The normalized spacial score (nSPS) is 22.0. The Bertz CT molecular complexity index is 1530. The van der Waals surface area contributed by atoms with Crippen molar-refractivity contribution in [1.29, 1.82) is 0 Å². The van der Waals surface area contributed by atoms with Gasteiger partial charge in [-0.2, -0.15) is 4.31 Å². The van der Waals surface area contributed by atoms with Crippen molar-refractivity contribution in [2.75, 3.05) is 46.3 Å². The zero-order chi connectivity index (χ0) is 29.3. The summed E-state index contributed by atoms with van der Waals surface area (Å²) in [6.45, 7) is 8.19. The molecule has 0 aromatic heterocycles. The highest BCUT2D eigenvalue weighted by Gasteiger charge is 2.42. The minimum atomic E-state index is -3.62. The van der Waals surface area contributed by atoms with E-state index >= 15 is 0 Å². The quantitative estimate of drug-likeness (QED) is 0.342. The smallest absolute Gasteiger partial charge is 0.243 e. The molecule has 2 aliphatic rings. The minimum absolute atomic E-state index is 0.298. The standard InChI is InChI=1S/C32H41N3O4S2/c1-26-14-16-31(17-15-26)41(38,39)35-23-27-18-20-34(22-28(27)24-35)21-19-32(2,29-10-6-4-7-11-29)25-33(3)40(36,37)30-12-8-5-9-13-30/h4-17,27-28H,18-25H2,1-3H3/t27-,28?,32+/m0/s1. The fraction of sp³-hybridized carbons (Fsp3) is 0.438. The maximum absolute atomic E-state index is 13.4. The maximum atomic E-state index is 13.4. The molecule has 0 radical (unpaired) electrons. The van der Waals surface area contributed by atoms with Crippen molar-refractivity contribution in [1.82, 2.24) is 13.5 Å². The first-order valence-corrected chi connectivity index (χ1v) is 17.2. The van der Waals surface area contributed by atoms with Crippen molar-refractivity contribution in [3.05, 3.63) is 96.1 Å². The molecule has 5 rings (SSSR count). The number of hydrogen-bond acceptors (Lipinski definition) is 5. The lowest BCUT2D eigenvalue weighted by molar-refractivity contribution is 0.135.